The molecule has 0 rings (SSSR count). The van der Waals surface area contributed by atoms with E-state index >= 15 is 0 Å². The van der Waals surface area contributed by atoms with Crippen LogP contribution in [0.1, 0.15) is 34.1 Å². The molecular weight excluding hydrogens is 222 g/mol. The number of carbonyl (C=O) groups excluding carboxylic acids is 2. The van der Waals surface area contributed by atoms with Crippen molar-refractivity contribution in [3.05, 3.63) is 11.6 Å². The van der Waals surface area contributed by atoms with Crippen molar-refractivity contribution in [3.63, 3.8) is 0 Å². The molecule has 98 valence electrons. The van der Waals surface area contributed by atoms with E-state index in [2.05, 4.69) is 0 Å². The maximum Gasteiger partial charge on any atom is 0.331 e. The van der Waals surface area contributed by atoms with Gasteiger partial charge in [-0.1, -0.05) is 11.6 Å². The largest absolute Gasteiger partial charge is 0.464 e. The molecule has 5 heteroatoms. The molecular formula is C12H21NO4. The van der Waals surface area contributed by atoms with Crippen LogP contribution in [-0.2, 0) is 19.2 Å². The number of hydroxylamine groups is 2. The summed E-state index contributed by atoms with van der Waals surface area (Å²) in [7, 11) is 1.36. The normalized spacial score (nSPS) is 13.1. The molecule has 0 aliphatic rings. The molecule has 1 unspecified atom stereocenters. The number of hydrogen-bond acceptors (Lipinski definition) is 4. The van der Waals surface area contributed by atoms with Crippen LogP contribution in [0.4, 0.5) is 0 Å². The molecule has 0 N–H and O–H groups in total. The van der Waals surface area contributed by atoms with Gasteiger partial charge in [0.15, 0.2) is 6.04 Å². The lowest BCUT2D eigenvalue weighted by molar-refractivity contribution is -0.196. The van der Waals surface area contributed by atoms with E-state index in [0.29, 0.717) is 6.42 Å². The van der Waals surface area contributed by atoms with E-state index in [1.807, 2.05) is 19.9 Å². The van der Waals surface area contributed by atoms with Gasteiger partial charge in [0.25, 0.3) is 0 Å². The van der Waals surface area contributed by atoms with Crippen molar-refractivity contribution in [2.75, 3.05) is 13.7 Å². The Bertz CT molecular complexity index is 299. The summed E-state index contributed by atoms with van der Waals surface area (Å²) in [6, 6.07) is -0.728. The maximum absolute atomic E-state index is 11.8. The Kier molecular flexibility index (Phi) is 7.21. The molecule has 0 aromatic heterocycles. The Morgan fingerprint density at radius 1 is 1.35 bits per heavy atom. The molecule has 0 saturated heterocycles. The fourth-order valence-electron chi connectivity index (χ4n) is 1.40. The first-order valence-corrected chi connectivity index (χ1v) is 5.60. The SMILES string of the molecule is C/C=C(\C)CC(C(=O)OCC)N(OC)C(C)=O. The van der Waals surface area contributed by atoms with Crippen LogP contribution in [0.5, 0.6) is 0 Å². The molecule has 0 aliphatic heterocycles. The second-order valence-electron chi connectivity index (χ2n) is 3.63. The Hall–Kier alpha value is -1.36. The average molecular weight is 243 g/mol. The van der Waals surface area contributed by atoms with E-state index < -0.39 is 12.0 Å². The quantitative estimate of drug-likeness (QED) is 0.404. The zero-order chi connectivity index (χ0) is 13.4. The number of esters is 1. The number of amides is 1. The minimum Gasteiger partial charge on any atom is -0.464 e. The lowest BCUT2D eigenvalue weighted by Crippen LogP contribution is -2.44. The van der Waals surface area contributed by atoms with Crippen LogP contribution < -0.4 is 0 Å². The van der Waals surface area contributed by atoms with E-state index in [1.54, 1.807) is 6.92 Å². The molecule has 0 aliphatic carbocycles. The maximum atomic E-state index is 11.8. The third-order valence-electron chi connectivity index (χ3n) is 2.36. The molecule has 5 nitrogen and oxygen atoms in total. The number of hydrogen-bond donors (Lipinski definition) is 0. The standard InChI is InChI=1S/C12H21NO4/c1-6-9(3)8-11(12(15)17-7-2)13(16-5)10(4)14/h6,11H,7-8H2,1-5H3/b9-6+. The van der Waals surface area contributed by atoms with Gasteiger partial charge in [-0.2, -0.15) is 0 Å². The van der Waals surface area contributed by atoms with Crippen molar-refractivity contribution in [1.82, 2.24) is 5.06 Å². The van der Waals surface area contributed by atoms with Crippen molar-refractivity contribution in [2.24, 2.45) is 0 Å². The zero-order valence-corrected chi connectivity index (χ0v) is 11.1. The van der Waals surface area contributed by atoms with E-state index in [9.17, 15) is 9.59 Å². The highest BCUT2D eigenvalue weighted by atomic mass is 16.7. The molecule has 0 radical (unpaired) electrons. The monoisotopic (exact) mass is 243 g/mol. The number of rotatable bonds is 6. The summed E-state index contributed by atoms with van der Waals surface area (Å²) in [6.07, 6.45) is 2.29. The molecule has 1 amide bonds. The summed E-state index contributed by atoms with van der Waals surface area (Å²) in [5.41, 5.74) is 0.992. The molecule has 0 bridgehead atoms. The topological polar surface area (TPSA) is 55.8 Å². The van der Waals surface area contributed by atoms with Gasteiger partial charge in [-0.3, -0.25) is 9.63 Å². The van der Waals surface area contributed by atoms with Gasteiger partial charge in [-0.05, 0) is 20.8 Å². The van der Waals surface area contributed by atoms with Gasteiger partial charge in [-0.25, -0.2) is 9.86 Å². The highest BCUT2D eigenvalue weighted by Gasteiger charge is 2.29. The first kappa shape index (κ1) is 15.6. The summed E-state index contributed by atoms with van der Waals surface area (Å²) < 4.78 is 4.94. The molecule has 0 saturated carbocycles. The van der Waals surface area contributed by atoms with Crippen LogP contribution in [0, 0.1) is 0 Å². The van der Waals surface area contributed by atoms with Crippen molar-refractivity contribution < 1.29 is 19.2 Å². The highest BCUT2D eigenvalue weighted by Crippen LogP contribution is 2.13. The third-order valence-corrected chi connectivity index (χ3v) is 2.36. The minimum absolute atomic E-state index is 0.277. The molecule has 0 aromatic carbocycles. The fraction of sp³-hybridized carbons (Fsp3) is 0.667. The zero-order valence-electron chi connectivity index (χ0n) is 11.1. The van der Waals surface area contributed by atoms with Crippen LogP contribution in [0.2, 0.25) is 0 Å². The van der Waals surface area contributed by atoms with Crippen LogP contribution in [0.25, 0.3) is 0 Å². The summed E-state index contributed by atoms with van der Waals surface area (Å²) >= 11 is 0. The fourth-order valence-corrected chi connectivity index (χ4v) is 1.40. The second-order valence-corrected chi connectivity index (χ2v) is 3.63. The molecule has 17 heavy (non-hydrogen) atoms. The number of allylic oxidation sites excluding steroid dienone is 1. The minimum atomic E-state index is -0.728. The summed E-state index contributed by atoms with van der Waals surface area (Å²) in [5, 5.41) is 1.05. The van der Waals surface area contributed by atoms with Gasteiger partial charge >= 0.3 is 5.97 Å². The summed E-state index contributed by atoms with van der Waals surface area (Å²) in [5.74, 6) is -0.778. The van der Waals surface area contributed by atoms with Crippen LogP contribution in [0.3, 0.4) is 0 Å². The second kappa shape index (κ2) is 7.84. The van der Waals surface area contributed by atoms with E-state index in [0.717, 1.165) is 10.6 Å². The van der Waals surface area contributed by atoms with Crippen molar-refractivity contribution in [1.29, 1.82) is 0 Å². The Labute approximate surface area is 102 Å². The molecule has 1 atom stereocenters. The number of carbonyl (C=O) groups is 2. The summed E-state index contributed by atoms with van der Waals surface area (Å²) in [4.78, 5) is 28.1. The number of ether oxygens (including phenoxy) is 1. The molecule has 0 fully saturated rings. The van der Waals surface area contributed by atoms with Crippen LogP contribution >= 0.6 is 0 Å². The van der Waals surface area contributed by atoms with E-state index in [-0.39, 0.29) is 12.5 Å². The van der Waals surface area contributed by atoms with Crippen molar-refractivity contribution in [3.8, 4) is 0 Å². The van der Waals surface area contributed by atoms with Gasteiger partial charge in [0.05, 0.1) is 13.7 Å². The molecule has 0 heterocycles. The van der Waals surface area contributed by atoms with Crippen LogP contribution in [-0.4, -0.2) is 36.7 Å². The van der Waals surface area contributed by atoms with Crippen LogP contribution in [0.15, 0.2) is 11.6 Å². The van der Waals surface area contributed by atoms with Crippen molar-refractivity contribution >= 4 is 11.9 Å². The average Bonchev–Trinajstić information content (AvgIpc) is 2.28. The highest BCUT2D eigenvalue weighted by molar-refractivity contribution is 5.82. The van der Waals surface area contributed by atoms with Gasteiger partial charge in [0.1, 0.15) is 0 Å². The Morgan fingerprint density at radius 3 is 2.29 bits per heavy atom. The van der Waals surface area contributed by atoms with Gasteiger partial charge in [0.2, 0.25) is 5.91 Å². The Morgan fingerprint density at radius 2 is 1.94 bits per heavy atom. The molecule has 0 aromatic rings. The van der Waals surface area contributed by atoms with Gasteiger partial charge in [-0.15, -0.1) is 0 Å². The van der Waals surface area contributed by atoms with E-state index in [1.165, 1.54) is 14.0 Å². The van der Waals surface area contributed by atoms with Gasteiger partial charge < -0.3 is 4.74 Å². The third kappa shape index (κ3) is 4.99. The number of nitrogens with zero attached hydrogens (tertiary/aromatic N) is 1. The van der Waals surface area contributed by atoms with Gasteiger partial charge in [0, 0.05) is 13.3 Å². The van der Waals surface area contributed by atoms with E-state index in [4.69, 9.17) is 9.57 Å². The molecule has 0 spiro atoms. The first-order chi connectivity index (χ1) is 7.97. The first-order valence-electron chi connectivity index (χ1n) is 5.60. The Balaban J connectivity index is 4.94. The van der Waals surface area contributed by atoms with Crippen molar-refractivity contribution in [2.45, 2.75) is 40.2 Å². The smallest absolute Gasteiger partial charge is 0.331 e. The predicted molar refractivity (Wildman–Crippen MR) is 64.0 cm³/mol. The predicted octanol–water partition coefficient (Wildman–Crippen LogP) is 1.68. The summed E-state index contributed by atoms with van der Waals surface area (Å²) in [6.45, 7) is 7.12. The lowest BCUT2D eigenvalue weighted by Gasteiger charge is -2.26. The lowest BCUT2D eigenvalue weighted by atomic mass is 10.1.